The van der Waals surface area contributed by atoms with Gasteiger partial charge in [-0.3, -0.25) is 4.98 Å². The third-order valence-electron chi connectivity index (χ3n) is 2.88. The molecular formula is C13H22N2. The second kappa shape index (κ2) is 5.86. The number of hydrogen-bond donors (Lipinski definition) is 1. The summed E-state index contributed by atoms with van der Waals surface area (Å²) in [5.74, 6) is 0.656. The van der Waals surface area contributed by atoms with Gasteiger partial charge in [-0.2, -0.15) is 0 Å². The van der Waals surface area contributed by atoms with E-state index in [1.54, 1.807) is 0 Å². The number of aromatic nitrogens is 1. The lowest BCUT2D eigenvalue weighted by atomic mass is 9.91. The minimum atomic E-state index is 0.428. The molecule has 2 unspecified atom stereocenters. The van der Waals surface area contributed by atoms with Crippen LogP contribution in [0.2, 0.25) is 0 Å². The summed E-state index contributed by atoms with van der Waals surface area (Å²) in [6, 6.07) is 2.65. The van der Waals surface area contributed by atoms with Gasteiger partial charge in [-0.05, 0) is 37.4 Å². The summed E-state index contributed by atoms with van der Waals surface area (Å²) in [4.78, 5) is 4.26. The summed E-state index contributed by atoms with van der Waals surface area (Å²) in [6.45, 7) is 6.62. The summed E-state index contributed by atoms with van der Waals surface area (Å²) < 4.78 is 0. The zero-order valence-electron chi connectivity index (χ0n) is 10.2. The van der Waals surface area contributed by atoms with Crippen molar-refractivity contribution >= 4 is 0 Å². The van der Waals surface area contributed by atoms with E-state index in [-0.39, 0.29) is 0 Å². The van der Waals surface area contributed by atoms with Crippen LogP contribution in [-0.4, -0.2) is 12.0 Å². The van der Waals surface area contributed by atoms with Crippen LogP contribution < -0.4 is 5.32 Å². The van der Waals surface area contributed by atoms with Crippen molar-refractivity contribution in [2.75, 3.05) is 7.05 Å². The van der Waals surface area contributed by atoms with Gasteiger partial charge in [0.05, 0.1) is 0 Å². The molecule has 0 amide bonds. The average Bonchev–Trinajstić information content (AvgIpc) is 2.19. The van der Waals surface area contributed by atoms with E-state index in [2.05, 4.69) is 37.1 Å². The normalized spacial score (nSPS) is 14.9. The lowest BCUT2D eigenvalue weighted by Crippen LogP contribution is -2.23. The van der Waals surface area contributed by atoms with Gasteiger partial charge in [-0.1, -0.05) is 26.3 Å². The molecule has 0 saturated heterocycles. The molecular weight excluding hydrogens is 184 g/mol. The minimum Gasteiger partial charge on any atom is -0.313 e. The van der Waals surface area contributed by atoms with Crippen LogP contribution in [-0.2, 0) is 0 Å². The number of hydrogen-bond acceptors (Lipinski definition) is 2. The molecule has 0 aliphatic heterocycles. The molecule has 0 bridgehead atoms. The number of rotatable bonds is 5. The van der Waals surface area contributed by atoms with Crippen LogP contribution in [0, 0.1) is 12.8 Å². The van der Waals surface area contributed by atoms with Crippen LogP contribution in [0.3, 0.4) is 0 Å². The lowest BCUT2D eigenvalue weighted by Gasteiger charge is -2.23. The van der Waals surface area contributed by atoms with Crippen molar-refractivity contribution < 1.29 is 0 Å². The summed E-state index contributed by atoms with van der Waals surface area (Å²) in [5, 5.41) is 3.39. The van der Waals surface area contributed by atoms with Gasteiger partial charge in [0.1, 0.15) is 0 Å². The molecule has 15 heavy (non-hydrogen) atoms. The number of aryl methyl sites for hydroxylation is 1. The van der Waals surface area contributed by atoms with Crippen LogP contribution in [0.5, 0.6) is 0 Å². The van der Waals surface area contributed by atoms with E-state index in [1.807, 2.05) is 19.4 Å². The van der Waals surface area contributed by atoms with E-state index in [9.17, 15) is 0 Å². The van der Waals surface area contributed by atoms with Crippen molar-refractivity contribution in [3.05, 3.63) is 29.6 Å². The maximum atomic E-state index is 4.26. The predicted molar refractivity (Wildman–Crippen MR) is 64.8 cm³/mol. The van der Waals surface area contributed by atoms with Gasteiger partial charge in [0.15, 0.2) is 0 Å². The van der Waals surface area contributed by atoms with Crippen molar-refractivity contribution in [2.45, 2.75) is 39.7 Å². The van der Waals surface area contributed by atoms with Gasteiger partial charge >= 0.3 is 0 Å². The number of nitrogens with one attached hydrogen (secondary N) is 1. The summed E-state index contributed by atoms with van der Waals surface area (Å²) in [6.07, 6.45) is 6.36. The molecule has 2 atom stereocenters. The Bertz CT molecular complexity index is 296. The van der Waals surface area contributed by atoms with Gasteiger partial charge in [-0.15, -0.1) is 0 Å². The minimum absolute atomic E-state index is 0.428. The summed E-state index contributed by atoms with van der Waals surface area (Å²) in [7, 11) is 2.03. The Balaban J connectivity index is 2.82. The molecule has 0 aliphatic rings. The summed E-state index contributed by atoms with van der Waals surface area (Å²) >= 11 is 0. The molecule has 0 aliphatic carbocycles. The zero-order valence-corrected chi connectivity index (χ0v) is 10.2. The van der Waals surface area contributed by atoms with E-state index in [0.717, 1.165) is 0 Å². The molecule has 84 valence electrons. The van der Waals surface area contributed by atoms with Crippen molar-refractivity contribution in [2.24, 2.45) is 5.92 Å². The Morgan fingerprint density at radius 1 is 1.40 bits per heavy atom. The molecule has 0 fully saturated rings. The third-order valence-corrected chi connectivity index (χ3v) is 2.88. The molecule has 1 heterocycles. The van der Waals surface area contributed by atoms with Gasteiger partial charge in [0.2, 0.25) is 0 Å². The van der Waals surface area contributed by atoms with Crippen molar-refractivity contribution in [1.29, 1.82) is 0 Å². The smallest absolute Gasteiger partial charge is 0.0358 e. The van der Waals surface area contributed by atoms with Crippen LogP contribution in [0.15, 0.2) is 18.5 Å². The predicted octanol–water partition coefficient (Wildman–Crippen LogP) is 3.09. The standard InChI is InChI=1S/C13H22N2/c1-5-6-11(3)13(14-4)12-7-10(2)8-15-9-12/h7-9,11,13-14H,5-6H2,1-4H3. The second-order valence-corrected chi connectivity index (χ2v) is 4.33. The largest absolute Gasteiger partial charge is 0.313 e. The highest BCUT2D eigenvalue weighted by atomic mass is 14.9. The SMILES string of the molecule is CCCC(C)C(NC)c1cncc(C)c1. The first-order valence-corrected chi connectivity index (χ1v) is 5.77. The molecule has 2 nitrogen and oxygen atoms in total. The molecule has 1 rings (SSSR count). The molecule has 1 N–H and O–H groups in total. The Hall–Kier alpha value is -0.890. The maximum absolute atomic E-state index is 4.26. The van der Waals surface area contributed by atoms with Crippen LogP contribution in [0.25, 0.3) is 0 Å². The Morgan fingerprint density at radius 3 is 2.67 bits per heavy atom. The average molecular weight is 206 g/mol. The monoisotopic (exact) mass is 206 g/mol. The van der Waals surface area contributed by atoms with E-state index >= 15 is 0 Å². The van der Waals surface area contributed by atoms with E-state index in [0.29, 0.717) is 12.0 Å². The highest BCUT2D eigenvalue weighted by Crippen LogP contribution is 2.24. The van der Waals surface area contributed by atoms with Gasteiger partial charge in [-0.25, -0.2) is 0 Å². The number of pyridine rings is 1. The topological polar surface area (TPSA) is 24.9 Å². The lowest BCUT2D eigenvalue weighted by molar-refractivity contribution is 0.383. The van der Waals surface area contributed by atoms with Crippen molar-refractivity contribution in [1.82, 2.24) is 10.3 Å². The first kappa shape index (κ1) is 12.2. The third kappa shape index (κ3) is 3.31. The highest BCUT2D eigenvalue weighted by Gasteiger charge is 2.16. The van der Waals surface area contributed by atoms with E-state index in [1.165, 1.54) is 24.0 Å². The van der Waals surface area contributed by atoms with Gasteiger partial charge in [0.25, 0.3) is 0 Å². The quantitative estimate of drug-likeness (QED) is 0.800. The Morgan fingerprint density at radius 2 is 2.13 bits per heavy atom. The Labute approximate surface area is 93.1 Å². The fraction of sp³-hybridized carbons (Fsp3) is 0.615. The van der Waals surface area contributed by atoms with Gasteiger partial charge in [0, 0.05) is 18.4 Å². The molecule has 0 radical (unpaired) electrons. The Kier molecular flexibility index (Phi) is 4.76. The van der Waals surface area contributed by atoms with E-state index in [4.69, 9.17) is 0 Å². The highest BCUT2D eigenvalue weighted by molar-refractivity contribution is 5.20. The molecule has 0 saturated carbocycles. The molecule has 1 aromatic heterocycles. The van der Waals surface area contributed by atoms with Crippen LogP contribution in [0.4, 0.5) is 0 Å². The van der Waals surface area contributed by atoms with E-state index < -0.39 is 0 Å². The second-order valence-electron chi connectivity index (χ2n) is 4.33. The fourth-order valence-corrected chi connectivity index (χ4v) is 2.15. The zero-order chi connectivity index (χ0) is 11.3. The summed E-state index contributed by atoms with van der Waals surface area (Å²) in [5.41, 5.74) is 2.54. The molecule has 0 aromatic carbocycles. The fourth-order valence-electron chi connectivity index (χ4n) is 2.15. The maximum Gasteiger partial charge on any atom is 0.0358 e. The number of nitrogens with zero attached hydrogens (tertiary/aromatic N) is 1. The first-order chi connectivity index (χ1) is 7.19. The van der Waals surface area contributed by atoms with Crippen LogP contribution in [0.1, 0.15) is 43.9 Å². The van der Waals surface area contributed by atoms with Gasteiger partial charge < -0.3 is 5.32 Å². The van der Waals surface area contributed by atoms with Crippen LogP contribution >= 0.6 is 0 Å². The first-order valence-electron chi connectivity index (χ1n) is 5.77. The molecule has 0 spiro atoms. The van der Waals surface area contributed by atoms with Crippen molar-refractivity contribution in [3.8, 4) is 0 Å². The molecule has 2 heteroatoms. The molecule has 1 aromatic rings. The van der Waals surface area contributed by atoms with Crippen molar-refractivity contribution in [3.63, 3.8) is 0 Å².